The molecule has 1 fully saturated rings. The predicted octanol–water partition coefficient (Wildman–Crippen LogP) is 5.79. The summed E-state index contributed by atoms with van der Waals surface area (Å²) in [7, 11) is 4.68. The van der Waals surface area contributed by atoms with E-state index in [-0.39, 0.29) is 24.3 Å². The monoisotopic (exact) mass is 474 g/mol. The lowest BCUT2D eigenvalue weighted by Crippen LogP contribution is -2.33. The summed E-state index contributed by atoms with van der Waals surface area (Å²) >= 11 is 0. The highest BCUT2D eigenvalue weighted by Gasteiger charge is 2.34. The molecule has 0 radical (unpaired) electrons. The number of rotatable bonds is 8. The van der Waals surface area contributed by atoms with E-state index in [4.69, 9.17) is 23.7 Å². The third kappa shape index (κ3) is 5.91. The first-order chi connectivity index (χ1) is 17.1. The Balaban J connectivity index is 1.52. The Bertz CT molecular complexity index is 1140. The second-order valence-electron chi connectivity index (χ2n) is 8.20. The molecule has 35 heavy (non-hydrogen) atoms. The van der Waals surface area contributed by atoms with Gasteiger partial charge in [0.1, 0.15) is 23.7 Å². The molecule has 0 N–H and O–H groups in total. The number of esters is 1. The standard InChI is InChI=1S/C29H30O6/c1-31-23-15-11-21(12-16-23)27-28(22-13-17-24(32-2)18-14-22)35-25(19-34-27)9-6-8-20-7-4-5-10-26(20)29(30)33-3/h4-8,10-18,25,27-28H,9,19H2,1-3H3/b8-6+/t25-,27+,28+/m0/s1. The SMILES string of the molecule is COC(=O)c1ccccc1/C=C/C[C@H]1CO[C@H](c2ccc(OC)cc2)[C@@H](c2ccc(OC)cc2)O1. The highest BCUT2D eigenvalue weighted by atomic mass is 16.6. The van der Waals surface area contributed by atoms with Gasteiger partial charge < -0.3 is 23.7 Å². The summed E-state index contributed by atoms with van der Waals surface area (Å²) in [5, 5.41) is 0. The molecule has 182 valence electrons. The molecule has 1 saturated heterocycles. The van der Waals surface area contributed by atoms with E-state index in [1.165, 1.54) is 7.11 Å². The summed E-state index contributed by atoms with van der Waals surface area (Å²) < 4.78 is 28.4. The molecule has 0 saturated carbocycles. The molecule has 0 unspecified atom stereocenters. The van der Waals surface area contributed by atoms with E-state index in [1.54, 1.807) is 20.3 Å². The maximum atomic E-state index is 12.0. The van der Waals surface area contributed by atoms with Gasteiger partial charge in [-0.25, -0.2) is 4.79 Å². The Labute approximate surface area is 206 Å². The lowest BCUT2D eigenvalue weighted by Gasteiger charge is -2.37. The summed E-state index contributed by atoms with van der Waals surface area (Å²) in [6, 6.07) is 23.1. The van der Waals surface area contributed by atoms with E-state index < -0.39 is 0 Å². The van der Waals surface area contributed by atoms with Crippen LogP contribution in [0.3, 0.4) is 0 Å². The van der Waals surface area contributed by atoms with Gasteiger partial charge in [-0.05, 0) is 53.4 Å². The summed E-state index contributed by atoms with van der Waals surface area (Å²) in [6.45, 7) is 0.451. The Hall–Kier alpha value is -3.61. The summed E-state index contributed by atoms with van der Waals surface area (Å²) in [6.07, 6.45) is 3.89. The second kappa shape index (κ2) is 11.7. The molecule has 1 aliphatic rings. The van der Waals surface area contributed by atoms with E-state index in [2.05, 4.69) is 0 Å². The van der Waals surface area contributed by atoms with Crippen LogP contribution in [-0.4, -0.2) is 40.0 Å². The molecular weight excluding hydrogens is 444 g/mol. The topological polar surface area (TPSA) is 63.2 Å². The van der Waals surface area contributed by atoms with Crippen molar-refractivity contribution in [1.29, 1.82) is 0 Å². The molecule has 3 aromatic carbocycles. The minimum absolute atomic E-state index is 0.141. The van der Waals surface area contributed by atoms with Crippen molar-refractivity contribution < 1.29 is 28.5 Å². The second-order valence-corrected chi connectivity index (χ2v) is 8.20. The van der Waals surface area contributed by atoms with Gasteiger partial charge in [0.05, 0.1) is 39.6 Å². The maximum absolute atomic E-state index is 12.0. The fourth-order valence-corrected chi connectivity index (χ4v) is 4.14. The van der Waals surface area contributed by atoms with Crippen LogP contribution in [0.1, 0.15) is 45.7 Å². The quantitative estimate of drug-likeness (QED) is 0.385. The number of hydrogen-bond acceptors (Lipinski definition) is 6. The fourth-order valence-electron chi connectivity index (χ4n) is 4.14. The van der Waals surface area contributed by atoms with E-state index >= 15 is 0 Å². The van der Waals surface area contributed by atoms with Crippen LogP contribution in [0.4, 0.5) is 0 Å². The van der Waals surface area contributed by atoms with Gasteiger partial charge in [0.15, 0.2) is 0 Å². The van der Waals surface area contributed by atoms with Crippen LogP contribution in [0, 0.1) is 0 Å². The van der Waals surface area contributed by atoms with Crippen molar-refractivity contribution in [3.05, 3.63) is 101 Å². The average Bonchev–Trinajstić information content (AvgIpc) is 2.93. The van der Waals surface area contributed by atoms with Crippen molar-refractivity contribution in [3.8, 4) is 11.5 Å². The van der Waals surface area contributed by atoms with Crippen molar-refractivity contribution >= 4 is 12.0 Å². The summed E-state index contributed by atoms with van der Waals surface area (Å²) in [4.78, 5) is 12.0. The van der Waals surface area contributed by atoms with E-state index in [1.807, 2.05) is 78.9 Å². The third-order valence-electron chi connectivity index (χ3n) is 6.03. The van der Waals surface area contributed by atoms with Crippen molar-refractivity contribution in [1.82, 2.24) is 0 Å². The summed E-state index contributed by atoms with van der Waals surface area (Å²) in [5.41, 5.74) is 3.37. The Morgan fingerprint density at radius 1 is 0.857 bits per heavy atom. The predicted molar refractivity (Wildman–Crippen MR) is 134 cm³/mol. The van der Waals surface area contributed by atoms with Crippen LogP contribution in [0.2, 0.25) is 0 Å². The van der Waals surface area contributed by atoms with Gasteiger partial charge in [-0.3, -0.25) is 0 Å². The molecule has 1 heterocycles. The molecule has 4 rings (SSSR count). The lowest BCUT2D eigenvalue weighted by atomic mass is 9.96. The Morgan fingerprint density at radius 3 is 2.06 bits per heavy atom. The maximum Gasteiger partial charge on any atom is 0.338 e. The molecule has 0 bridgehead atoms. The van der Waals surface area contributed by atoms with Gasteiger partial charge in [0.2, 0.25) is 0 Å². The van der Waals surface area contributed by atoms with Gasteiger partial charge in [-0.15, -0.1) is 0 Å². The minimum Gasteiger partial charge on any atom is -0.497 e. The normalized spacial score (nSPS) is 19.9. The molecule has 3 aromatic rings. The molecule has 6 heteroatoms. The zero-order valence-electron chi connectivity index (χ0n) is 20.2. The van der Waals surface area contributed by atoms with Gasteiger partial charge in [0.25, 0.3) is 0 Å². The van der Waals surface area contributed by atoms with Gasteiger partial charge in [-0.2, -0.15) is 0 Å². The third-order valence-corrected chi connectivity index (χ3v) is 6.03. The first-order valence-corrected chi connectivity index (χ1v) is 11.5. The number of hydrogen-bond donors (Lipinski definition) is 0. The Morgan fingerprint density at radius 2 is 1.46 bits per heavy atom. The molecule has 0 amide bonds. The highest BCUT2D eigenvalue weighted by molar-refractivity contribution is 5.93. The van der Waals surface area contributed by atoms with Crippen LogP contribution in [0.25, 0.3) is 6.08 Å². The largest absolute Gasteiger partial charge is 0.497 e. The number of ether oxygens (including phenoxy) is 5. The molecule has 3 atom stereocenters. The van der Waals surface area contributed by atoms with Crippen LogP contribution in [-0.2, 0) is 14.2 Å². The van der Waals surface area contributed by atoms with Crippen LogP contribution in [0.5, 0.6) is 11.5 Å². The van der Waals surface area contributed by atoms with E-state index in [0.717, 1.165) is 28.2 Å². The number of methoxy groups -OCH3 is 3. The average molecular weight is 475 g/mol. The van der Waals surface area contributed by atoms with Crippen molar-refractivity contribution in [2.24, 2.45) is 0 Å². The van der Waals surface area contributed by atoms with Crippen molar-refractivity contribution in [2.75, 3.05) is 27.9 Å². The fraction of sp³-hybridized carbons (Fsp3) is 0.276. The van der Waals surface area contributed by atoms with Crippen LogP contribution >= 0.6 is 0 Å². The molecule has 0 aromatic heterocycles. The van der Waals surface area contributed by atoms with Gasteiger partial charge >= 0.3 is 5.97 Å². The number of carbonyl (C=O) groups is 1. The summed E-state index contributed by atoms with van der Waals surface area (Å²) in [5.74, 6) is 1.22. The van der Waals surface area contributed by atoms with E-state index in [9.17, 15) is 4.79 Å². The molecule has 0 spiro atoms. The van der Waals surface area contributed by atoms with Gasteiger partial charge in [0, 0.05) is 0 Å². The van der Waals surface area contributed by atoms with E-state index in [0.29, 0.717) is 18.6 Å². The first kappa shape index (κ1) is 24.5. The number of benzene rings is 3. The molecule has 0 aliphatic carbocycles. The molecule has 1 aliphatic heterocycles. The molecule has 6 nitrogen and oxygen atoms in total. The zero-order valence-corrected chi connectivity index (χ0v) is 20.2. The first-order valence-electron chi connectivity index (χ1n) is 11.5. The smallest absolute Gasteiger partial charge is 0.338 e. The van der Waals surface area contributed by atoms with Crippen LogP contribution < -0.4 is 9.47 Å². The lowest BCUT2D eigenvalue weighted by molar-refractivity contribution is -0.185. The highest BCUT2D eigenvalue weighted by Crippen LogP contribution is 2.41. The van der Waals surface area contributed by atoms with Gasteiger partial charge in [-0.1, -0.05) is 54.6 Å². The van der Waals surface area contributed by atoms with Crippen molar-refractivity contribution in [3.63, 3.8) is 0 Å². The molecular formula is C29H30O6. The zero-order chi connectivity index (χ0) is 24.6. The van der Waals surface area contributed by atoms with Crippen LogP contribution in [0.15, 0.2) is 78.9 Å². The Kier molecular flexibility index (Phi) is 8.19. The van der Waals surface area contributed by atoms with Crippen molar-refractivity contribution in [2.45, 2.75) is 24.7 Å². The minimum atomic E-state index is -0.357. The number of carbonyl (C=O) groups excluding carboxylic acids is 1.